The van der Waals surface area contributed by atoms with Gasteiger partial charge in [0.25, 0.3) is 0 Å². The first-order valence-electron chi connectivity index (χ1n) is 12.0. The van der Waals surface area contributed by atoms with Crippen LogP contribution < -0.4 is 4.90 Å². The Hall–Kier alpha value is -4.11. The van der Waals surface area contributed by atoms with Gasteiger partial charge >= 0.3 is 0 Å². The molecule has 0 fully saturated rings. The molecular formula is C31H27N3. The molecule has 0 aliphatic heterocycles. The van der Waals surface area contributed by atoms with Gasteiger partial charge in [-0.3, -0.25) is 4.40 Å². The maximum atomic E-state index is 5.13. The van der Waals surface area contributed by atoms with Gasteiger partial charge in [0.1, 0.15) is 5.65 Å². The average Bonchev–Trinajstić information content (AvgIpc) is 3.29. The van der Waals surface area contributed by atoms with E-state index in [9.17, 15) is 0 Å². The fourth-order valence-corrected chi connectivity index (χ4v) is 5.16. The Morgan fingerprint density at radius 1 is 0.676 bits per heavy atom. The van der Waals surface area contributed by atoms with E-state index in [0.29, 0.717) is 0 Å². The fourth-order valence-electron chi connectivity index (χ4n) is 5.16. The van der Waals surface area contributed by atoms with Crippen molar-refractivity contribution in [1.82, 2.24) is 9.38 Å². The van der Waals surface area contributed by atoms with Gasteiger partial charge in [-0.25, -0.2) is 4.98 Å². The van der Waals surface area contributed by atoms with Gasteiger partial charge in [0.2, 0.25) is 0 Å². The zero-order chi connectivity index (χ0) is 23.1. The molecule has 4 aromatic carbocycles. The number of hydrogen-bond donors (Lipinski definition) is 0. The Kier molecular flexibility index (Phi) is 5.03. The summed E-state index contributed by atoms with van der Waals surface area (Å²) in [4.78, 5) is 7.53. The van der Waals surface area contributed by atoms with E-state index in [2.05, 4.69) is 126 Å². The third kappa shape index (κ3) is 3.16. The van der Waals surface area contributed by atoms with E-state index >= 15 is 0 Å². The average molecular weight is 442 g/mol. The summed E-state index contributed by atoms with van der Waals surface area (Å²) in [6.07, 6.45) is 0. The largest absolute Gasteiger partial charge is 0.372 e. The predicted octanol–water partition coefficient (Wildman–Crippen LogP) is 7.82. The maximum Gasteiger partial charge on any atom is 0.146 e. The molecule has 0 unspecified atom stereocenters. The van der Waals surface area contributed by atoms with Gasteiger partial charge in [0.05, 0.1) is 16.7 Å². The van der Waals surface area contributed by atoms with E-state index in [-0.39, 0.29) is 0 Å². The fraction of sp³-hybridized carbons (Fsp3) is 0.129. The van der Waals surface area contributed by atoms with E-state index in [1.165, 1.54) is 38.8 Å². The van der Waals surface area contributed by atoms with Crippen LogP contribution >= 0.6 is 0 Å². The van der Waals surface area contributed by atoms with Gasteiger partial charge in [-0.2, -0.15) is 0 Å². The molecule has 0 N–H and O–H groups in total. The Bertz CT molecular complexity index is 1610. The Morgan fingerprint density at radius 3 is 2.03 bits per heavy atom. The summed E-state index contributed by atoms with van der Waals surface area (Å²) in [6.45, 7) is 6.38. The SMILES string of the molecule is CCN(CC)c1ccc2c(c1)c(-c1ccccc1)c(-c1ccccc1)n1c3ccccc3nc21. The highest BCUT2D eigenvalue weighted by Crippen LogP contribution is 2.42. The predicted molar refractivity (Wildman–Crippen MR) is 145 cm³/mol. The van der Waals surface area contributed by atoms with Crippen LogP contribution in [0.2, 0.25) is 0 Å². The molecule has 0 saturated carbocycles. The molecule has 0 radical (unpaired) electrons. The summed E-state index contributed by atoms with van der Waals surface area (Å²) in [7, 11) is 0. The highest BCUT2D eigenvalue weighted by molar-refractivity contribution is 6.11. The standard InChI is InChI=1S/C31H27N3/c1-3-33(4-2)24-19-20-25-26(21-24)29(22-13-7-5-8-14-22)30(23-15-9-6-10-16-23)34-28-18-12-11-17-27(28)32-31(25)34/h5-21H,3-4H2,1-2H3. The van der Waals surface area contributed by atoms with Gasteiger partial charge in [0, 0.05) is 29.7 Å². The summed E-state index contributed by atoms with van der Waals surface area (Å²) in [5.41, 5.74) is 9.20. The van der Waals surface area contributed by atoms with Crippen molar-refractivity contribution >= 4 is 33.1 Å². The van der Waals surface area contributed by atoms with E-state index in [1.54, 1.807) is 0 Å². The van der Waals surface area contributed by atoms with E-state index in [4.69, 9.17) is 4.98 Å². The lowest BCUT2D eigenvalue weighted by molar-refractivity contribution is 0.867. The second-order valence-electron chi connectivity index (χ2n) is 8.62. The second kappa shape index (κ2) is 8.35. The van der Waals surface area contributed by atoms with E-state index in [0.717, 1.165) is 29.8 Å². The van der Waals surface area contributed by atoms with Crippen molar-refractivity contribution in [1.29, 1.82) is 0 Å². The summed E-state index contributed by atoms with van der Waals surface area (Å²) in [6, 6.07) is 36.8. The number of benzene rings is 4. The van der Waals surface area contributed by atoms with Crippen LogP contribution in [-0.4, -0.2) is 22.5 Å². The molecule has 0 atom stereocenters. The number of pyridine rings is 1. The number of rotatable bonds is 5. The molecule has 2 aromatic heterocycles. The number of hydrogen-bond acceptors (Lipinski definition) is 2. The lowest BCUT2D eigenvalue weighted by Crippen LogP contribution is -2.21. The third-order valence-corrected chi connectivity index (χ3v) is 6.77. The van der Waals surface area contributed by atoms with Crippen LogP contribution in [0.25, 0.3) is 49.8 Å². The summed E-state index contributed by atoms with van der Waals surface area (Å²) in [5, 5.41) is 2.41. The third-order valence-electron chi connectivity index (χ3n) is 6.77. The molecule has 0 aliphatic rings. The number of para-hydroxylation sites is 2. The number of aromatic nitrogens is 2. The van der Waals surface area contributed by atoms with Gasteiger partial charge < -0.3 is 4.90 Å². The molecule has 3 heteroatoms. The first-order valence-corrected chi connectivity index (χ1v) is 12.0. The number of fused-ring (bicyclic) bond motifs is 5. The molecule has 0 spiro atoms. The van der Waals surface area contributed by atoms with Gasteiger partial charge in [0.15, 0.2) is 0 Å². The molecule has 6 aromatic rings. The first-order chi connectivity index (χ1) is 16.8. The highest BCUT2D eigenvalue weighted by atomic mass is 15.1. The van der Waals surface area contributed by atoms with Crippen LogP contribution in [0.5, 0.6) is 0 Å². The molecule has 0 amide bonds. The van der Waals surface area contributed by atoms with Gasteiger partial charge in [-0.05, 0) is 60.7 Å². The molecule has 6 rings (SSSR count). The van der Waals surface area contributed by atoms with Crippen molar-refractivity contribution in [2.45, 2.75) is 13.8 Å². The number of anilines is 1. The van der Waals surface area contributed by atoms with Crippen molar-refractivity contribution in [2.75, 3.05) is 18.0 Å². The van der Waals surface area contributed by atoms with Gasteiger partial charge in [-0.1, -0.05) is 72.8 Å². The molecule has 0 bridgehead atoms. The van der Waals surface area contributed by atoms with Crippen molar-refractivity contribution in [3.8, 4) is 22.4 Å². The van der Waals surface area contributed by atoms with E-state index < -0.39 is 0 Å². The molecule has 0 saturated heterocycles. The van der Waals surface area contributed by atoms with Crippen LogP contribution in [0.15, 0.2) is 103 Å². The topological polar surface area (TPSA) is 20.5 Å². The van der Waals surface area contributed by atoms with Crippen molar-refractivity contribution in [3.05, 3.63) is 103 Å². The Balaban J connectivity index is 1.87. The normalized spacial score (nSPS) is 11.5. The van der Waals surface area contributed by atoms with Crippen molar-refractivity contribution in [3.63, 3.8) is 0 Å². The minimum absolute atomic E-state index is 0.976. The molecule has 34 heavy (non-hydrogen) atoms. The zero-order valence-electron chi connectivity index (χ0n) is 19.6. The number of nitrogens with zero attached hydrogens (tertiary/aromatic N) is 3. The van der Waals surface area contributed by atoms with Crippen molar-refractivity contribution < 1.29 is 0 Å². The Morgan fingerprint density at radius 2 is 1.32 bits per heavy atom. The van der Waals surface area contributed by atoms with Crippen LogP contribution in [0.1, 0.15) is 13.8 Å². The first kappa shape index (κ1) is 20.5. The highest BCUT2D eigenvalue weighted by Gasteiger charge is 2.21. The summed E-state index contributed by atoms with van der Waals surface area (Å²) < 4.78 is 2.35. The second-order valence-corrected chi connectivity index (χ2v) is 8.62. The lowest BCUT2D eigenvalue weighted by atomic mass is 9.93. The number of imidazole rings is 1. The van der Waals surface area contributed by atoms with Gasteiger partial charge in [-0.15, -0.1) is 0 Å². The smallest absolute Gasteiger partial charge is 0.146 e. The molecule has 2 heterocycles. The van der Waals surface area contributed by atoms with Crippen LogP contribution in [0.3, 0.4) is 0 Å². The molecule has 0 aliphatic carbocycles. The molecular weight excluding hydrogens is 414 g/mol. The zero-order valence-corrected chi connectivity index (χ0v) is 19.6. The molecule has 166 valence electrons. The van der Waals surface area contributed by atoms with Crippen molar-refractivity contribution in [2.24, 2.45) is 0 Å². The Labute approximate surface area is 199 Å². The van der Waals surface area contributed by atoms with Crippen LogP contribution in [0.4, 0.5) is 5.69 Å². The summed E-state index contributed by atoms with van der Waals surface area (Å²) in [5.74, 6) is 0. The molecule has 3 nitrogen and oxygen atoms in total. The van der Waals surface area contributed by atoms with E-state index in [1.807, 2.05) is 0 Å². The monoisotopic (exact) mass is 441 g/mol. The minimum atomic E-state index is 0.976. The quantitative estimate of drug-likeness (QED) is 0.272. The minimum Gasteiger partial charge on any atom is -0.372 e. The summed E-state index contributed by atoms with van der Waals surface area (Å²) >= 11 is 0. The van der Waals surface area contributed by atoms with Crippen LogP contribution in [0, 0.1) is 0 Å². The maximum absolute atomic E-state index is 5.13. The van der Waals surface area contributed by atoms with Crippen LogP contribution in [-0.2, 0) is 0 Å². The lowest BCUT2D eigenvalue weighted by Gasteiger charge is -2.23.